The summed E-state index contributed by atoms with van der Waals surface area (Å²) in [7, 11) is 0. The zero-order valence-corrected chi connectivity index (χ0v) is 13.2. The molecule has 0 saturated heterocycles. The second-order valence-electron chi connectivity index (χ2n) is 4.44. The van der Waals surface area contributed by atoms with Crippen LogP contribution in [0.4, 0.5) is 11.4 Å². The maximum absolute atomic E-state index is 10.9. The molecule has 0 radical (unpaired) electrons. The van der Waals surface area contributed by atoms with Gasteiger partial charge in [-0.3, -0.25) is 10.1 Å². The van der Waals surface area contributed by atoms with Crippen LogP contribution in [-0.4, -0.2) is 4.92 Å². The molecule has 0 aliphatic heterocycles. The lowest BCUT2D eigenvalue weighted by Crippen LogP contribution is -2.10. The standard InChI is InChI=1S/C15H15IN2O2/c1-2-14(17-15-9-4-3-8-13(15)16)11-6-5-7-12(10-11)18(19)20/h3-10,14,17H,2H2,1H3. The molecule has 5 heteroatoms. The number of para-hydroxylation sites is 1. The van der Waals surface area contributed by atoms with E-state index in [1.165, 1.54) is 6.07 Å². The van der Waals surface area contributed by atoms with Gasteiger partial charge in [-0.1, -0.05) is 31.2 Å². The van der Waals surface area contributed by atoms with Crippen LogP contribution < -0.4 is 5.32 Å². The average Bonchev–Trinajstić information content (AvgIpc) is 2.46. The van der Waals surface area contributed by atoms with E-state index in [2.05, 4.69) is 34.8 Å². The van der Waals surface area contributed by atoms with E-state index >= 15 is 0 Å². The molecule has 0 aliphatic rings. The van der Waals surface area contributed by atoms with Gasteiger partial charge in [-0.15, -0.1) is 0 Å². The number of nitro benzene ring substituents is 1. The quantitative estimate of drug-likeness (QED) is 0.461. The molecule has 2 aromatic rings. The number of nitrogens with one attached hydrogen (secondary N) is 1. The van der Waals surface area contributed by atoms with Crippen molar-refractivity contribution in [2.75, 3.05) is 5.32 Å². The number of rotatable bonds is 5. The Labute approximate surface area is 131 Å². The first-order chi connectivity index (χ1) is 9.61. The summed E-state index contributed by atoms with van der Waals surface area (Å²) in [5, 5.41) is 14.3. The summed E-state index contributed by atoms with van der Waals surface area (Å²) in [6.07, 6.45) is 0.853. The summed E-state index contributed by atoms with van der Waals surface area (Å²) in [6.45, 7) is 2.06. The van der Waals surface area contributed by atoms with Crippen LogP contribution in [0, 0.1) is 13.7 Å². The summed E-state index contributed by atoms with van der Waals surface area (Å²) in [4.78, 5) is 10.5. The minimum atomic E-state index is -0.359. The zero-order chi connectivity index (χ0) is 14.5. The van der Waals surface area contributed by atoms with Crippen LogP contribution >= 0.6 is 22.6 Å². The zero-order valence-electron chi connectivity index (χ0n) is 11.0. The number of benzene rings is 2. The molecule has 2 aromatic carbocycles. The molecule has 1 unspecified atom stereocenters. The van der Waals surface area contributed by atoms with Crippen LogP contribution in [0.1, 0.15) is 24.9 Å². The maximum Gasteiger partial charge on any atom is 0.269 e. The van der Waals surface area contributed by atoms with Gasteiger partial charge in [0.1, 0.15) is 0 Å². The van der Waals surface area contributed by atoms with Crippen molar-refractivity contribution in [2.24, 2.45) is 0 Å². The van der Waals surface area contributed by atoms with Crippen molar-refractivity contribution in [3.8, 4) is 0 Å². The van der Waals surface area contributed by atoms with Crippen molar-refractivity contribution >= 4 is 34.0 Å². The Morgan fingerprint density at radius 1 is 1.25 bits per heavy atom. The highest BCUT2D eigenvalue weighted by atomic mass is 127. The van der Waals surface area contributed by atoms with E-state index in [1.807, 2.05) is 30.3 Å². The number of hydrogen-bond acceptors (Lipinski definition) is 3. The van der Waals surface area contributed by atoms with Crippen molar-refractivity contribution in [2.45, 2.75) is 19.4 Å². The molecule has 20 heavy (non-hydrogen) atoms. The fourth-order valence-electron chi connectivity index (χ4n) is 2.04. The highest BCUT2D eigenvalue weighted by Crippen LogP contribution is 2.27. The first kappa shape index (κ1) is 14.8. The molecule has 2 rings (SSSR count). The Morgan fingerprint density at radius 3 is 2.65 bits per heavy atom. The molecule has 0 saturated carbocycles. The molecular formula is C15H15IN2O2. The summed E-state index contributed by atoms with van der Waals surface area (Å²) in [5.41, 5.74) is 2.11. The van der Waals surface area contributed by atoms with Gasteiger partial charge in [0.05, 0.1) is 11.0 Å². The Kier molecular flexibility index (Phi) is 4.94. The summed E-state index contributed by atoms with van der Waals surface area (Å²) >= 11 is 2.28. The number of hydrogen-bond donors (Lipinski definition) is 1. The van der Waals surface area contributed by atoms with Crippen molar-refractivity contribution < 1.29 is 4.92 Å². The lowest BCUT2D eigenvalue weighted by atomic mass is 10.0. The van der Waals surface area contributed by atoms with Gasteiger partial charge in [0.25, 0.3) is 5.69 Å². The van der Waals surface area contributed by atoms with E-state index in [-0.39, 0.29) is 16.7 Å². The van der Waals surface area contributed by atoms with Crippen LogP contribution in [0.5, 0.6) is 0 Å². The van der Waals surface area contributed by atoms with Gasteiger partial charge < -0.3 is 5.32 Å². The molecule has 4 nitrogen and oxygen atoms in total. The van der Waals surface area contributed by atoms with Gasteiger partial charge in [-0.2, -0.15) is 0 Å². The van der Waals surface area contributed by atoms with Gasteiger partial charge in [-0.25, -0.2) is 0 Å². The molecule has 0 bridgehead atoms. The molecule has 1 atom stereocenters. The molecule has 104 valence electrons. The van der Waals surface area contributed by atoms with Crippen molar-refractivity contribution in [1.29, 1.82) is 0 Å². The van der Waals surface area contributed by atoms with Crippen LogP contribution in [0.15, 0.2) is 48.5 Å². The van der Waals surface area contributed by atoms with Crippen molar-refractivity contribution in [3.63, 3.8) is 0 Å². The Bertz CT molecular complexity index is 616. The number of anilines is 1. The van der Waals surface area contributed by atoms with Gasteiger partial charge in [0.2, 0.25) is 0 Å². The summed E-state index contributed by atoms with van der Waals surface area (Å²) in [5.74, 6) is 0. The molecule has 0 amide bonds. The normalized spacial score (nSPS) is 11.9. The predicted octanol–water partition coefficient (Wildman–Crippen LogP) is 4.76. The van der Waals surface area contributed by atoms with Crippen LogP contribution in [0.25, 0.3) is 0 Å². The number of nitro groups is 1. The van der Waals surface area contributed by atoms with Crippen LogP contribution in [0.2, 0.25) is 0 Å². The lowest BCUT2D eigenvalue weighted by Gasteiger charge is -2.19. The predicted molar refractivity (Wildman–Crippen MR) is 88.9 cm³/mol. The number of halogens is 1. The molecule has 0 heterocycles. The van der Waals surface area contributed by atoms with E-state index in [0.717, 1.165) is 21.2 Å². The average molecular weight is 382 g/mol. The first-order valence-electron chi connectivity index (χ1n) is 6.37. The largest absolute Gasteiger partial charge is 0.377 e. The smallest absolute Gasteiger partial charge is 0.269 e. The number of nitrogens with zero attached hydrogens (tertiary/aromatic N) is 1. The molecular weight excluding hydrogens is 367 g/mol. The topological polar surface area (TPSA) is 55.2 Å². The third-order valence-electron chi connectivity index (χ3n) is 3.10. The Balaban J connectivity index is 2.26. The third-order valence-corrected chi connectivity index (χ3v) is 4.04. The summed E-state index contributed by atoms with van der Waals surface area (Å²) < 4.78 is 1.13. The fraction of sp³-hybridized carbons (Fsp3) is 0.200. The minimum Gasteiger partial charge on any atom is -0.377 e. The van der Waals surface area contributed by atoms with E-state index in [1.54, 1.807) is 12.1 Å². The van der Waals surface area contributed by atoms with Gasteiger partial charge >= 0.3 is 0 Å². The molecule has 1 N–H and O–H groups in total. The van der Waals surface area contributed by atoms with E-state index in [0.29, 0.717) is 0 Å². The molecule has 0 fully saturated rings. The second-order valence-corrected chi connectivity index (χ2v) is 5.60. The van der Waals surface area contributed by atoms with Crippen LogP contribution in [0.3, 0.4) is 0 Å². The molecule has 0 aromatic heterocycles. The summed E-state index contributed by atoms with van der Waals surface area (Å²) in [6, 6.07) is 14.9. The van der Waals surface area contributed by atoms with E-state index in [9.17, 15) is 10.1 Å². The molecule has 0 aliphatic carbocycles. The second kappa shape index (κ2) is 6.69. The van der Waals surface area contributed by atoms with Gasteiger partial charge in [0, 0.05) is 21.4 Å². The highest BCUT2D eigenvalue weighted by Gasteiger charge is 2.14. The fourth-order valence-corrected chi connectivity index (χ4v) is 2.59. The number of non-ortho nitro benzene ring substituents is 1. The third kappa shape index (κ3) is 3.47. The highest BCUT2D eigenvalue weighted by molar-refractivity contribution is 14.1. The van der Waals surface area contributed by atoms with Gasteiger partial charge in [-0.05, 0) is 46.7 Å². The SMILES string of the molecule is CCC(Nc1ccccc1I)c1cccc([N+](=O)[O-])c1. The van der Waals surface area contributed by atoms with Crippen molar-refractivity contribution in [3.05, 3.63) is 67.8 Å². The van der Waals surface area contributed by atoms with E-state index < -0.39 is 0 Å². The molecule has 0 spiro atoms. The van der Waals surface area contributed by atoms with E-state index in [4.69, 9.17) is 0 Å². The van der Waals surface area contributed by atoms with Gasteiger partial charge in [0.15, 0.2) is 0 Å². The monoisotopic (exact) mass is 382 g/mol. The Hall–Kier alpha value is -1.63. The maximum atomic E-state index is 10.9. The first-order valence-corrected chi connectivity index (χ1v) is 7.45. The lowest BCUT2D eigenvalue weighted by molar-refractivity contribution is -0.384. The van der Waals surface area contributed by atoms with Crippen molar-refractivity contribution in [1.82, 2.24) is 0 Å². The minimum absolute atomic E-state index is 0.0609. The Morgan fingerprint density at radius 2 is 2.00 bits per heavy atom. The van der Waals surface area contributed by atoms with Crippen LogP contribution in [-0.2, 0) is 0 Å².